The van der Waals surface area contributed by atoms with Crippen molar-refractivity contribution in [1.29, 1.82) is 0 Å². The Morgan fingerprint density at radius 3 is 2.49 bits per heavy atom. The van der Waals surface area contributed by atoms with Gasteiger partial charge in [0.15, 0.2) is 17.7 Å². The van der Waals surface area contributed by atoms with Crippen LogP contribution in [0.5, 0.6) is 0 Å². The Morgan fingerprint density at radius 1 is 1.19 bits per heavy atom. The Morgan fingerprint density at radius 2 is 1.86 bits per heavy atom. The van der Waals surface area contributed by atoms with Crippen LogP contribution in [0.4, 0.5) is 0 Å². The molecule has 0 aromatic heterocycles. The van der Waals surface area contributed by atoms with E-state index in [9.17, 15) is 29.4 Å². The summed E-state index contributed by atoms with van der Waals surface area (Å²) in [5.41, 5.74) is -1.26. The lowest BCUT2D eigenvalue weighted by molar-refractivity contribution is -0.344. The van der Waals surface area contributed by atoms with Gasteiger partial charge in [-0.1, -0.05) is 25.0 Å². The standard InChI is InChI=1S/C27H34O10/c1-11(2)7-17(30)36-20-19-12(3)8-16(29)22(35-14(5)28)25(19,6)24-26-10-34-27(24,33)21(32)13(4)15(26)9-18(31)37-23(20)26/h7-8,13,15,19-24,32-33H,9-10H2,1-6H3/t13-,15+,19-,20-,21-,22-,23-,24-,25-,26-,27+/m1/s1. The molecule has 2 saturated carbocycles. The van der Waals surface area contributed by atoms with E-state index < -0.39 is 88.4 Å². The number of esters is 3. The fourth-order valence-corrected chi connectivity index (χ4v) is 8.52. The van der Waals surface area contributed by atoms with Crippen molar-refractivity contribution in [3.63, 3.8) is 0 Å². The number of fused-ring (bicyclic) bond motifs is 1. The van der Waals surface area contributed by atoms with Gasteiger partial charge in [0.25, 0.3) is 0 Å². The Labute approximate surface area is 215 Å². The Bertz CT molecular complexity index is 1140. The SMILES string of the molecule is CC(=O)O[C@@H]1C(=O)C=C(C)[C@@H]2[C@@H](OC(=O)C=C(C)C)[C@H]3OC(=O)C[C@H]4[C@@H](C)[C@@H](O)[C@]5(O)OC[C@]34[C@H]5[C@@]12C. The van der Waals surface area contributed by atoms with Crippen LogP contribution in [-0.4, -0.2) is 70.7 Å². The quantitative estimate of drug-likeness (QED) is 0.318. The molecule has 5 aliphatic rings. The molecule has 1 spiro atoms. The van der Waals surface area contributed by atoms with E-state index in [-0.39, 0.29) is 13.0 Å². The summed E-state index contributed by atoms with van der Waals surface area (Å²) >= 11 is 0. The zero-order chi connectivity index (χ0) is 27.2. The number of ether oxygens (including phenoxy) is 4. The lowest BCUT2D eigenvalue weighted by Gasteiger charge is -2.68. The first-order chi connectivity index (χ1) is 17.2. The molecule has 11 atom stereocenters. The molecule has 0 aromatic rings. The zero-order valence-electron chi connectivity index (χ0n) is 21.8. The second-order valence-corrected chi connectivity index (χ2v) is 11.9. The highest BCUT2D eigenvalue weighted by atomic mass is 16.7. The first kappa shape index (κ1) is 26.1. The first-order valence-electron chi connectivity index (χ1n) is 12.7. The number of hydrogen-bond donors (Lipinski definition) is 2. The van der Waals surface area contributed by atoms with E-state index in [2.05, 4.69) is 0 Å². The van der Waals surface area contributed by atoms with Gasteiger partial charge in [-0.2, -0.15) is 0 Å². The normalized spacial score (nSPS) is 47.6. The van der Waals surface area contributed by atoms with Crippen LogP contribution in [0.3, 0.4) is 0 Å². The number of carbonyl (C=O) groups is 4. The third-order valence-electron chi connectivity index (χ3n) is 9.47. The Hall–Kier alpha value is -2.56. The van der Waals surface area contributed by atoms with E-state index in [1.54, 1.807) is 34.6 Å². The summed E-state index contributed by atoms with van der Waals surface area (Å²) in [6.45, 7) is 9.72. The number of carbonyl (C=O) groups excluding carboxylic acids is 4. The lowest BCUT2D eigenvalue weighted by atomic mass is 9.37. The Kier molecular flexibility index (Phi) is 5.79. The number of aliphatic hydroxyl groups is 2. The molecular formula is C27H34O10. The number of ketones is 1. The molecule has 2 N–H and O–H groups in total. The molecule has 10 heteroatoms. The van der Waals surface area contributed by atoms with Crippen LogP contribution in [0, 0.1) is 34.5 Å². The number of hydrogen-bond acceptors (Lipinski definition) is 10. The summed E-state index contributed by atoms with van der Waals surface area (Å²) in [6, 6.07) is 0. The molecule has 0 amide bonds. The predicted octanol–water partition coefficient (Wildman–Crippen LogP) is 1.22. The summed E-state index contributed by atoms with van der Waals surface area (Å²) in [5.74, 6) is -7.30. The topological polar surface area (TPSA) is 146 Å². The summed E-state index contributed by atoms with van der Waals surface area (Å²) in [4.78, 5) is 51.5. The van der Waals surface area contributed by atoms with Gasteiger partial charge in [0, 0.05) is 42.1 Å². The molecule has 2 heterocycles. The van der Waals surface area contributed by atoms with Gasteiger partial charge >= 0.3 is 17.9 Å². The van der Waals surface area contributed by atoms with Crippen LogP contribution < -0.4 is 0 Å². The molecule has 37 heavy (non-hydrogen) atoms. The molecule has 5 rings (SSSR count). The van der Waals surface area contributed by atoms with E-state index >= 15 is 0 Å². The zero-order valence-corrected chi connectivity index (χ0v) is 21.8. The van der Waals surface area contributed by atoms with Gasteiger partial charge in [-0.25, -0.2) is 4.79 Å². The van der Waals surface area contributed by atoms with Crippen molar-refractivity contribution >= 4 is 23.7 Å². The van der Waals surface area contributed by atoms with Gasteiger partial charge in [0.1, 0.15) is 18.3 Å². The second-order valence-electron chi connectivity index (χ2n) is 11.9. The monoisotopic (exact) mass is 518 g/mol. The fourth-order valence-electron chi connectivity index (χ4n) is 8.52. The number of rotatable bonds is 3. The van der Waals surface area contributed by atoms with E-state index in [4.69, 9.17) is 18.9 Å². The molecule has 3 aliphatic carbocycles. The van der Waals surface area contributed by atoms with Crippen molar-refractivity contribution in [3.8, 4) is 0 Å². The Balaban J connectivity index is 1.80. The molecular weight excluding hydrogens is 484 g/mol. The van der Waals surface area contributed by atoms with Crippen LogP contribution in [0.1, 0.15) is 48.0 Å². The highest BCUT2D eigenvalue weighted by Gasteiger charge is 2.84. The lowest BCUT2D eigenvalue weighted by Crippen LogP contribution is -2.79. The van der Waals surface area contributed by atoms with E-state index in [0.29, 0.717) is 11.1 Å². The van der Waals surface area contributed by atoms with Crippen molar-refractivity contribution in [2.24, 2.45) is 34.5 Å². The highest BCUT2D eigenvalue weighted by molar-refractivity contribution is 5.97. The summed E-state index contributed by atoms with van der Waals surface area (Å²) < 4.78 is 23.6. The van der Waals surface area contributed by atoms with Crippen LogP contribution in [0.15, 0.2) is 23.3 Å². The van der Waals surface area contributed by atoms with E-state index in [1.807, 2.05) is 0 Å². The maximum Gasteiger partial charge on any atom is 0.331 e. The fraction of sp³-hybridized carbons (Fsp3) is 0.704. The summed E-state index contributed by atoms with van der Waals surface area (Å²) in [6.07, 6.45) is -2.18. The van der Waals surface area contributed by atoms with Crippen molar-refractivity contribution in [3.05, 3.63) is 23.3 Å². The first-order valence-corrected chi connectivity index (χ1v) is 12.7. The van der Waals surface area contributed by atoms with Crippen LogP contribution in [0.2, 0.25) is 0 Å². The molecule has 202 valence electrons. The van der Waals surface area contributed by atoms with Crippen molar-refractivity contribution < 1.29 is 48.3 Å². The maximum atomic E-state index is 13.4. The van der Waals surface area contributed by atoms with E-state index in [1.165, 1.54) is 19.1 Å². The van der Waals surface area contributed by atoms with Crippen molar-refractivity contribution in [1.82, 2.24) is 0 Å². The van der Waals surface area contributed by atoms with Crippen molar-refractivity contribution in [2.45, 2.75) is 78.2 Å². The van der Waals surface area contributed by atoms with Crippen molar-refractivity contribution in [2.75, 3.05) is 6.61 Å². The minimum atomic E-state index is -2.11. The minimum Gasteiger partial charge on any atom is -0.458 e. The van der Waals surface area contributed by atoms with Crippen LogP contribution >= 0.6 is 0 Å². The molecule has 10 nitrogen and oxygen atoms in total. The number of allylic oxidation sites excluding steroid dienone is 1. The average molecular weight is 519 g/mol. The van der Waals surface area contributed by atoms with E-state index in [0.717, 1.165) is 0 Å². The molecule has 0 unspecified atom stereocenters. The molecule has 2 bridgehead atoms. The third-order valence-corrected chi connectivity index (χ3v) is 9.47. The molecule has 4 fully saturated rings. The molecule has 2 saturated heterocycles. The third kappa shape index (κ3) is 3.28. The highest BCUT2D eigenvalue weighted by Crippen LogP contribution is 2.74. The summed E-state index contributed by atoms with van der Waals surface area (Å²) in [5, 5.41) is 23.3. The smallest absolute Gasteiger partial charge is 0.331 e. The number of aliphatic hydroxyl groups excluding tert-OH is 1. The van der Waals surface area contributed by atoms with Gasteiger partial charge in [-0.3, -0.25) is 14.4 Å². The summed E-state index contributed by atoms with van der Waals surface area (Å²) in [7, 11) is 0. The second kappa shape index (κ2) is 8.22. The maximum absolute atomic E-state index is 13.4. The molecule has 0 aromatic carbocycles. The van der Waals surface area contributed by atoms with Gasteiger partial charge < -0.3 is 29.2 Å². The molecule has 2 aliphatic heterocycles. The van der Waals surface area contributed by atoms with Gasteiger partial charge in [-0.15, -0.1) is 0 Å². The molecule has 0 radical (unpaired) electrons. The average Bonchev–Trinajstić information content (AvgIpc) is 3.07. The van der Waals surface area contributed by atoms with Gasteiger partial charge in [-0.05, 0) is 38.7 Å². The van der Waals surface area contributed by atoms with Gasteiger partial charge in [0.05, 0.1) is 6.61 Å². The minimum absolute atomic E-state index is 0.0406. The predicted molar refractivity (Wildman–Crippen MR) is 125 cm³/mol. The van der Waals surface area contributed by atoms with Crippen LogP contribution in [-0.2, 0) is 38.1 Å². The van der Waals surface area contributed by atoms with Crippen LogP contribution in [0.25, 0.3) is 0 Å². The van der Waals surface area contributed by atoms with Gasteiger partial charge in [0.2, 0.25) is 0 Å². The largest absolute Gasteiger partial charge is 0.458 e.